The number of aryl methyl sites for hydroxylation is 1. The maximum Gasteiger partial charge on any atom is 0.200 e. The third-order valence-corrected chi connectivity index (χ3v) is 4.31. The average molecular weight is 377 g/mol. The number of phenolic OH excluding ortho intramolecular Hbond substituents is 4. The molecule has 0 atom stereocenters. The quantitative estimate of drug-likeness (QED) is 0.404. The molecule has 8 nitrogen and oxygen atoms in total. The molecule has 4 rings (SSSR count). The monoisotopic (exact) mass is 377 g/mol. The van der Waals surface area contributed by atoms with E-state index in [2.05, 4.69) is 10.2 Å². The Balaban J connectivity index is 1.84. The number of hydrogen-bond acceptors (Lipinski definition) is 7. The smallest absolute Gasteiger partial charge is 0.200 e. The first kappa shape index (κ1) is 17.3. The molecule has 0 aliphatic heterocycles. The summed E-state index contributed by atoms with van der Waals surface area (Å²) in [4.78, 5) is 14.0. The number of carbonyl (C=O) groups is 1. The van der Waals surface area contributed by atoms with Crippen LogP contribution in [0.2, 0.25) is 0 Å². The Bertz CT molecular complexity index is 1250. The van der Waals surface area contributed by atoms with Crippen molar-refractivity contribution < 1.29 is 25.2 Å². The van der Waals surface area contributed by atoms with Crippen molar-refractivity contribution in [3.05, 3.63) is 65.2 Å². The maximum atomic E-state index is 12.8. The summed E-state index contributed by atoms with van der Waals surface area (Å²) in [5, 5.41) is 48.3. The molecule has 8 heteroatoms. The Morgan fingerprint density at radius 2 is 1.50 bits per heavy atom. The van der Waals surface area contributed by atoms with Gasteiger partial charge < -0.3 is 20.4 Å². The van der Waals surface area contributed by atoms with Crippen LogP contribution < -0.4 is 0 Å². The van der Waals surface area contributed by atoms with Crippen molar-refractivity contribution in [2.24, 2.45) is 0 Å². The molecular weight excluding hydrogens is 362 g/mol. The predicted octanol–water partition coefficient (Wildman–Crippen LogP) is 2.78. The lowest BCUT2D eigenvalue weighted by Gasteiger charge is -2.10. The Morgan fingerprint density at radius 3 is 2.25 bits per heavy atom. The summed E-state index contributed by atoms with van der Waals surface area (Å²) in [7, 11) is 0. The molecule has 3 aromatic carbocycles. The molecule has 28 heavy (non-hydrogen) atoms. The van der Waals surface area contributed by atoms with Crippen molar-refractivity contribution in [2.75, 3.05) is 0 Å². The van der Waals surface area contributed by atoms with E-state index in [4.69, 9.17) is 0 Å². The van der Waals surface area contributed by atoms with Crippen molar-refractivity contribution in [1.82, 2.24) is 15.0 Å². The van der Waals surface area contributed by atoms with Crippen molar-refractivity contribution in [3.63, 3.8) is 0 Å². The molecule has 0 aliphatic carbocycles. The molecule has 140 valence electrons. The predicted molar refractivity (Wildman–Crippen MR) is 100 cm³/mol. The summed E-state index contributed by atoms with van der Waals surface area (Å²) in [5.41, 5.74) is 2.02. The molecule has 0 unspecified atom stereocenters. The number of fused-ring (bicyclic) bond motifs is 1. The molecule has 0 saturated carbocycles. The molecular formula is C20H15N3O5. The Hall–Kier alpha value is -4.07. The van der Waals surface area contributed by atoms with E-state index < -0.39 is 17.3 Å². The number of hydrogen-bond donors (Lipinski definition) is 4. The maximum absolute atomic E-state index is 12.8. The van der Waals surface area contributed by atoms with E-state index in [0.717, 1.165) is 17.7 Å². The molecule has 4 aromatic rings. The van der Waals surface area contributed by atoms with E-state index in [-0.39, 0.29) is 28.3 Å². The summed E-state index contributed by atoms with van der Waals surface area (Å²) in [6, 6.07) is 11.3. The van der Waals surface area contributed by atoms with E-state index in [9.17, 15) is 25.2 Å². The summed E-state index contributed by atoms with van der Waals surface area (Å²) >= 11 is 0. The summed E-state index contributed by atoms with van der Waals surface area (Å²) in [6.45, 7) is 1.91. The van der Waals surface area contributed by atoms with Crippen LogP contribution in [0.15, 0.2) is 48.5 Å². The van der Waals surface area contributed by atoms with Crippen LogP contribution in [0.1, 0.15) is 21.5 Å². The number of benzene rings is 3. The molecule has 0 saturated heterocycles. The van der Waals surface area contributed by atoms with Gasteiger partial charge in [-0.2, -0.15) is 0 Å². The van der Waals surface area contributed by atoms with E-state index in [0.29, 0.717) is 11.0 Å². The zero-order chi connectivity index (χ0) is 20.0. The molecule has 4 N–H and O–H groups in total. The first-order chi connectivity index (χ1) is 13.3. The fourth-order valence-corrected chi connectivity index (χ4v) is 2.90. The average Bonchev–Trinajstić information content (AvgIpc) is 3.04. The highest BCUT2D eigenvalue weighted by Crippen LogP contribution is 2.33. The second kappa shape index (κ2) is 6.27. The fraction of sp³-hybridized carbons (Fsp3) is 0.0500. The second-order valence-electron chi connectivity index (χ2n) is 6.37. The lowest BCUT2D eigenvalue weighted by atomic mass is 10.0. The van der Waals surface area contributed by atoms with Gasteiger partial charge in [-0.25, -0.2) is 0 Å². The van der Waals surface area contributed by atoms with Gasteiger partial charge >= 0.3 is 0 Å². The number of aromatic nitrogens is 3. The third-order valence-electron chi connectivity index (χ3n) is 4.31. The van der Waals surface area contributed by atoms with E-state index in [1.807, 2.05) is 19.1 Å². The van der Waals surface area contributed by atoms with Crippen LogP contribution in [0.5, 0.6) is 23.0 Å². The molecule has 0 bridgehead atoms. The van der Waals surface area contributed by atoms with Gasteiger partial charge in [-0.1, -0.05) is 6.07 Å². The Labute approximate surface area is 158 Å². The van der Waals surface area contributed by atoms with Gasteiger partial charge in [-0.05, 0) is 42.8 Å². The highest BCUT2D eigenvalue weighted by molar-refractivity contribution is 6.12. The highest BCUT2D eigenvalue weighted by Gasteiger charge is 2.21. The van der Waals surface area contributed by atoms with Crippen LogP contribution in [0.25, 0.3) is 16.7 Å². The van der Waals surface area contributed by atoms with Crippen molar-refractivity contribution >= 4 is 16.8 Å². The van der Waals surface area contributed by atoms with Gasteiger partial charge in [0, 0.05) is 12.1 Å². The van der Waals surface area contributed by atoms with Crippen LogP contribution in [-0.4, -0.2) is 41.2 Å². The number of rotatable bonds is 3. The molecule has 0 aliphatic rings. The molecule has 0 radical (unpaired) electrons. The second-order valence-corrected chi connectivity index (χ2v) is 6.37. The minimum Gasteiger partial charge on any atom is -0.508 e. The topological polar surface area (TPSA) is 129 Å². The SMILES string of the molecule is Cc1ccc2nn(-c3cc(C(=O)c4ccc(O)cc4O)c(O)cc3O)nc2c1. The zero-order valence-electron chi connectivity index (χ0n) is 14.7. The number of carbonyl (C=O) groups excluding carboxylic acids is 1. The third kappa shape index (κ3) is 2.86. The fourth-order valence-electron chi connectivity index (χ4n) is 2.90. The van der Waals surface area contributed by atoms with Crippen molar-refractivity contribution in [1.29, 1.82) is 0 Å². The molecule has 1 aromatic heterocycles. The van der Waals surface area contributed by atoms with Crippen LogP contribution in [-0.2, 0) is 0 Å². The molecule has 1 heterocycles. The first-order valence-electron chi connectivity index (χ1n) is 8.30. The lowest BCUT2D eigenvalue weighted by Crippen LogP contribution is -2.06. The Morgan fingerprint density at radius 1 is 0.786 bits per heavy atom. The zero-order valence-corrected chi connectivity index (χ0v) is 14.7. The van der Waals surface area contributed by atoms with Gasteiger partial charge in [0.1, 0.15) is 39.7 Å². The van der Waals surface area contributed by atoms with Gasteiger partial charge in [0.05, 0.1) is 11.1 Å². The van der Waals surface area contributed by atoms with Crippen LogP contribution in [0, 0.1) is 6.92 Å². The molecule has 0 spiro atoms. The van der Waals surface area contributed by atoms with Gasteiger partial charge in [0.2, 0.25) is 5.78 Å². The minimum absolute atomic E-state index is 0.0910. The highest BCUT2D eigenvalue weighted by atomic mass is 16.3. The molecule has 0 amide bonds. The largest absolute Gasteiger partial charge is 0.508 e. The normalized spacial score (nSPS) is 11.0. The first-order valence-corrected chi connectivity index (χ1v) is 8.30. The van der Waals surface area contributed by atoms with Crippen LogP contribution in [0.4, 0.5) is 0 Å². The number of nitrogens with zero attached hydrogens (tertiary/aromatic N) is 3. The standard InChI is InChI=1S/C20H15N3O5/c1-10-2-5-14-15(6-10)22-23(21-14)16-8-13(18(26)9-19(16)27)20(28)12-4-3-11(24)7-17(12)25/h2-9,24-27H,1H3. The molecule has 0 fully saturated rings. The number of phenols is 4. The van der Waals surface area contributed by atoms with Crippen LogP contribution in [0.3, 0.4) is 0 Å². The van der Waals surface area contributed by atoms with Crippen LogP contribution >= 0.6 is 0 Å². The van der Waals surface area contributed by atoms with Gasteiger partial charge in [0.25, 0.3) is 0 Å². The van der Waals surface area contributed by atoms with Gasteiger partial charge in [0.15, 0.2) is 0 Å². The van der Waals surface area contributed by atoms with E-state index >= 15 is 0 Å². The van der Waals surface area contributed by atoms with E-state index in [1.54, 1.807) is 6.07 Å². The van der Waals surface area contributed by atoms with Gasteiger partial charge in [-0.15, -0.1) is 15.0 Å². The van der Waals surface area contributed by atoms with Crippen molar-refractivity contribution in [2.45, 2.75) is 6.92 Å². The number of ketones is 1. The summed E-state index contributed by atoms with van der Waals surface area (Å²) < 4.78 is 0. The summed E-state index contributed by atoms with van der Waals surface area (Å²) in [6.07, 6.45) is 0. The van der Waals surface area contributed by atoms with Crippen molar-refractivity contribution in [3.8, 4) is 28.7 Å². The van der Waals surface area contributed by atoms with E-state index in [1.165, 1.54) is 23.0 Å². The minimum atomic E-state index is -0.691. The lowest BCUT2D eigenvalue weighted by molar-refractivity contribution is 0.103. The summed E-state index contributed by atoms with van der Waals surface area (Å²) in [5.74, 6) is -2.11. The Kier molecular flexibility index (Phi) is 3.89. The number of aromatic hydroxyl groups is 4. The van der Waals surface area contributed by atoms with Gasteiger partial charge in [-0.3, -0.25) is 4.79 Å².